The normalized spacial score (nSPS) is 18.9. The molecule has 13 heteroatoms. The molecule has 1 aromatic carbocycles. The molecule has 0 spiro atoms. The van der Waals surface area contributed by atoms with Crippen molar-refractivity contribution in [3.05, 3.63) is 47.5 Å². The van der Waals surface area contributed by atoms with Gasteiger partial charge < -0.3 is 29.2 Å². The summed E-state index contributed by atoms with van der Waals surface area (Å²) in [6.07, 6.45) is 1.55. The van der Waals surface area contributed by atoms with Gasteiger partial charge in [0.15, 0.2) is 35.5 Å². The summed E-state index contributed by atoms with van der Waals surface area (Å²) in [6, 6.07) is 2.32. The van der Waals surface area contributed by atoms with Gasteiger partial charge in [0.05, 0.1) is 0 Å². The summed E-state index contributed by atoms with van der Waals surface area (Å²) in [5.41, 5.74) is -1.68. The Hall–Kier alpha value is -3.87. The van der Waals surface area contributed by atoms with E-state index >= 15 is 0 Å². The maximum atomic E-state index is 13.9. The van der Waals surface area contributed by atoms with Crippen LogP contribution in [0.3, 0.4) is 0 Å². The van der Waals surface area contributed by atoms with Gasteiger partial charge in [-0.15, -0.1) is 0 Å². The van der Waals surface area contributed by atoms with Gasteiger partial charge in [0.2, 0.25) is 5.91 Å². The third kappa shape index (κ3) is 10.1. The molecular formula is C31H42F2N2O9. The molecule has 2 amide bonds. The molecule has 1 aliphatic rings. The number of carbonyl (C=O) groups excluding carboxylic acids is 5. The number of esters is 3. The number of amides is 2. The van der Waals surface area contributed by atoms with Crippen molar-refractivity contribution < 1.29 is 51.7 Å². The number of unbranched alkanes of at least 4 members (excludes halogenated alkanes) is 1. The highest BCUT2D eigenvalue weighted by atomic mass is 19.2. The number of nitrogens with one attached hydrogen (secondary N) is 1. The van der Waals surface area contributed by atoms with Crippen molar-refractivity contribution in [2.45, 2.75) is 103 Å². The molecule has 0 radical (unpaired) electrons. The summed E-state index contributed by atoms with van der Waals surface area (Å²) in [4.78, 5) is 65.4. The lowest BCUT2D eigenvalue weighted by Crippen LogP contribution is -2.64. The Morgan fingerprint density at radius 3 is 2.27 bits per heavy atom. The number of methoxy groups -OCH3 is 1. The smallest absolute Gasteiger partial charge is 0.303 e. The first kappa shape index (κ1) is 36.3. The summed E-state index contributed by atoms with van der Waals surface area (Å²) in [5, 5.41) is 2.68. The van der Waals surface area contributed by atoms with Crippen LogP contribution in [0.4, 0.5) is 8.78 Å². The highest BCUT2D eigenvalue weighted by molar-refractivity contribution is 5.92. The summed E-state index contributed by atoms with van der Waals surface area (Å²) in [5.74, 6) is -5.74. The van der Waals surface area contributed by atoms with Crippen molar-refractivity contribution in [2.24, 2.45) is 0 Å². The first-order valence-corrected chi connectivity index (χ1v) is 14.5. The van der Waals surface area contributed by atoms with E-state index in [1.54, 1.807) is 6.08 Å². The van der Waals surface area contributed by atoms with Crippen LogP contribution in [0.25, 0.3) is 0 Å². The lowest BCUT2D eigenvalue weighted by Gasteiger charge is -2.40. The maximum Gasteiger partial charge on any atom is 0.303 e. The van der Waals surface area contributed by atoms with Crippen molar-refractivity contribution in [3.8, 4) is 0 Å². The molecule has 1 heterocycles. The van der Waals surface area contributed by atoms with Crippen LogP contribution in [0, 0.1) is 11.6 Å². The molecule has 0 aromatic heterocycles. The number of rotatable bonds is 14. The topological polar surface area (TPSA) is 138 Å². The third-order valence-electron chi connectivity index (χ3n) is 7.16. The predicted octanol–water partition coefficient (Wildman–Crippen LogP) is 3.52. The molecule has 11 nitrogen and oxygen atoms in total. The first-order chi connectivity index (χ1) is 20.7. The summed E-state index contributed by atoms with van der Waals surface area (Å²) in [6.45, 7) is 6.88. The second-order valence-corrected chi connectivity index (χ2v) is 10.7. The Labute approximate surface area is 256 Å². The lowest BCUT2D eigenvalue weighted by atomic mass is 9.89. The molecule has 0 saturated carbocycles. The monoisotopic (exact) mass is 624 g/mol. The molecular weight excluding hydrogens is 582 g/mol. The minimum atomic E-state index is -2.06. The number of ether oxygens (including phenoxy) is 4. The van der Waals surface area contributed by atoms with Gasteiger partial charge >= 0.3 is 17.9 Å². The number of carbonyl (C=O) groups is 5. The Balaban J connectivity index is 2.45. The molecule has 1 fully saturated rings. The van der Waals surface area contributed by atoms with Crippen molar-refractivity contribution in [1.82, 2.24) is 10.2 Å². The summed E-state index contributed by atoms with van der Waals surface area (Å²) in [7, 11) is 1.18. The molecule has 1 N–H and O–H groups in total. The van der Waals surface area contributed by atoms with E-state index in [4.69, 9.17) is 18.9 Å². The van der Waals surface area contributed by atoms with Gasteiger partial charge in [-0.05, 0) is 56.4 Å². The van der Waals surface area contributed by atoms with E-state index in [0.717, 1.165) is 39.3 Å². The van der Waals surface area contributed by atoms with Crippen LogP contribution in [0.2, 0.25) is 0 Å². The second-order valence-electron chi connectivity index (χ2n) is 10.7. The fourth-order valence-corrected chi connectivity index (χ4v) is 4.86. The molecule has 0 unspecified atom stereocenters. The van der Waals surface area contributed by atoms with Crippen molar-refractivity contribution in [1.29, 1.82) is 0 Å². The highest BCUT2D eigenvalue weighted by Gasteiger charge is 2.53. The SMILES string of the molecule is CCCC=C[C@@H](OC(C)=O)[C@H](OC(C)=O)[C@@H](OC(C)=O)[C@@](C)(OC)C(=O)N[C@H]1CCCCN(Cc2ccc(F)c(F)c2)C1=O. The van der Waals surface area contributed by atoms with Crippen molar-refractivity contribution >= 4 is 29.7 Å². The van der Waals surface area contributed by atoms with Gasteiger partial charge in [-0.3, -0.25) is 24.0 Å². The van der Waals surface area contributed by atoms with Gasteiger partial charge in [-0.25, -0.2) is 8.78 Å². The number of hydrogen-bond donors (Lipinski definition) is 1. The first-order valence-electron chi connectivity index (χ1n) is 14.5. The largest absolute Gasteiger partial charge is 0.455 e. The van der Waals surface area contributed by atoms with Gasteiger partial charge in [-0.2, -0.15) is 0 Å². The van der Waals surface area contributed by atoms with Gasteiger partial charge in [0.25, 0.3) is 5.91 Å². The number of nitrogens with zero attached hydrogens (tertiary/aromatic N) is 1. The third-order valence-corrected chi connectivity index (χ3v) is 7.16. The van der Waals surface area contributed by atoms with Crippen LogP contribution >= 0.6 is 0 Å². The van der Waals surface area contributed by atoms with E-state index < -0.39 is 71.3 Å². The molecule has 1 aromatic rings. The average molecular weight is 625 g/mol. The van der Waals surface area contributed by atoms with Crippen LogP contribution in [-0.2, 0) is 49.5 Å². The quantitative estimate of drug-likeness (QED) is 0.187. The highest BCUT2D eigenvalue weighted by Crippen LogP contribution is 2.29. The number of hydrogen-bond acceptors (Lipinski definition) is 9. The number of likely N-dealkylation sites (tertiary alicyclic amines) is 1. The van der Waals surface area contributed by atoms with E-state index in [1.165, 1.54) is 31.1 Å². The van der Waals surface area contributed by atoms with E-state index in [-0.39, 0.29) is 13.0 Å². The fraction of sp³-hybridized carbons (Fsp3) is 0.581. The van der Waals surface area contributed by atoms with Crippen LogP contribution in [0.5, 0.6) is 0 Å². The minimum Gasteiger partial charge on any atom is -0.455 e. The summed E-state index contributed by atoms with van der Waals surface area (Å²) < 4.78 is 49.3. The molecule has 0 bridgehead atoms. The van der Waals surface area contributed by atoms with E-state index in [9.17, 15) is 32.8 Å². The molecule has 0 aliphatic carbocycles. The van der Waals surface area contributed by atoms with Crippen molar-refractivity contribution in [2.75, 3.05) is 13.7 Å². The van der Waals surface area contributed by atoms with Gasteiger partial charge in [0.1, 0.15) is 6.04 Å². The van der Waals surface area contributed by atoms with E-state index in [2.05, 4.69) is 5.32 Å². The van der Waals surface area contributed by atoms with Crippen molar-refractivity contribution in [3.63, 3.8) is 0 Å². The molecule has 1 aliphatic heterocycles. The zero-order valence-electron chi connectivity index (χ0n) is 26.0. The van der Waals surface area contributed by atoms with E-state index in [0.29, 0.717) is 31.4 Å². The van der Waals surface area contributed by atoms with Crippen LogP contribution in [0.15, 0.2) is 30.4 Å². The molecule has 44 heavy (non-hydrogen) atoms. The van der Waals surface area contributed by atoms with Crippen LogP contribution < -0.4 is 5.32 Å². The standard InChI is InChI=1S/C31H42F2N2O9/c1-7-8-9-13-26(42-19(2)36)27(43-20(3)37)28(44-21(4)38)31(5,41-6)30(40)34-25-12-10-11-16-35(29(25)39)18-22-14-15-23(32)24(33)17-22/h9,13-15,17,25-28H,7-8,10-12,16,18H2,1-6H3,(H,34,40)/t25-,26+,27-,28+,31+/m0/s1. The van der Waals surface area contributed by atoms with Crippen LogP contribution in [-0.4, -0.2) is 78.2 Å². The zero-order chi connectivity index (χ0) is 33.0. The van der Waals surface area contributed by atoms with Crippen LogP contribution in [0.1, 0.15) is 72.3 Å². The fourth-order valence-electron chi connectivity index (χ4n) is 4.86. The Bertz CT molecular complexity index is 1220. The minimum absolute atomic E-state index is 0.0112. The Kier molecular flexibility index (Phi) is 13.9. The summed E-state index contributed by atoms with van der Waals surface area (Å²) >= 11 is 0. The molecule has 244 valence electrons. The Morgan fingerprint density at radius 2 is 1.70 bits per heavy atom. The molecule has 1 saturated heterocycles. The van der Waals surface area contributed by atoms with E-state index in [1.807, 2.05) is 6.92 Å². The number of halogens is 2. The Morgan fingerprint density at radius 1 is 1.05 bits per heavy atom. The predicted molar refractivity (Wildman–Crippen MR) is 154 cm³/mol. The van der Waals surface area contributed by atoms with Gasteiger partial charge in [-0.1, -0.05) is 25.5 Å². The molecule has 2 rings (SSSR count). The zero-order valence-corrected chi connectivity index (χ0v) is 26.0. The number of allylic oxidation sites excluding steroid dienone is 1. The lowest BCUT2D eigenvalue weighted by molar-refractivity contribution is -0.206. The maximum absolute atomic E-state index is 13.9. The average Bonchev–Trinajstić information content (AvgIpc) is 3.12. The van der Waals surface area contributed by atoms with Gasteiger partial charge in [0, 0.05) is 41.0 Å². The number of benzene rings is 1. The molecule has 5 atom stereocenters. The second kappa shape index (κ2) is 16.8.